The van der Waals surface area contributed by atoms with Crippen LogP contribution in [0.25, 0.3) is 0 Å². The Morgan fingerprint density at radius 2 is 2.22 bits per heavy atom. The van der Waals surface area contributed by atoms with Crippen molar-refractivity contribution < 1.29 is 14.7 Å². The third kappa shape index (κ3) is 3.03. The Balaban J connectivity index is 1.85. The fraction of sp³-hybridized carbons (Fsp3) is 0.312. The Bertz CT molecular complexity index is 740. The first-order chi connectivity index (χ1) is 11.1. The molecule has 0 saturated heterocycles. The molecule has 0 fully saturated rings. The smallest absolute Gasteiger partial charge is 0.254 e. The van der Waals surface area contributed by atoms with Crippen LogP contribution in [0.2, 0.25) is 0 Å². The molecule has 0 radical (unpaired) electrons. The molecular formula is C16H18N4O3. The molecule has 2 heterocycles. The summed E-state index contributed by atoms with van der Waals surface area (Å²) < 4.78 is 1.81. The molecule has 1 aromatic heterocycles. The zero-order chi connectivity index (χ0) is 16.4. The van der Waals surface area contributed by atoms with E-state index in [2.05, 4.69) is 10.4 Å². The van der Waals surface area contributed by atoms with Gasteiger partial charge in [0.05, 0.1) is 24.7 Å². The van der Waals surface area contributed by atoms with Crippen molar-refractivity contribution in [2.45, 2.75) is 19.0 Å². The maximum Gasteiger partial charge on any atom is 0.254 e. The second-order valence-electron chi connectivity index (χ2n) is 5.53. The summed E-state index contributed by atoms with van der Waals surface area (Å²) in [5.74, 6) is -0.210. The van der Waals surface area contributed by atoms with Gasteiger partial charge in [0.1, 0.15) is 5.75 Å². The largest absolute Gasteiger partial charge is 0.508 e. The van der Waals surface area contributed by atoms with Crippen molar-refractivity contribution in [3.8, 4) is 5.75 Å². The number of nitrogens with one attached hydrogen (secondary N) is 1. The van der Waals surface area contributed by atoms with Crippen LogP contribution in [0.15, 0.2) is 36.5 Å². The number of nitrogens with zero attached hydrogens (tertiary/aromatic N) is 3. The summed E-state index contributed by atoms with van der Waals surface area (Å²) in [6.07, 6.45) is 1.93. The van der Waals surface area contributed by atoms with Crippen LogP contribution in [0.3, 0.4) is 0 Å². The molecule has 7 nitrogen and oxygen atoms in total. The third-order valence-electron chi connectivity index (χ3n) is 3.96. The lowest BCUT2D eigenvalue weighted by atomic mass is 10.1. The molecule has 1 aliphatic heterocycles. The van der Waals surface area contributed by atoms with E-state index in [0.717, 1.165) is 5.69 Å². The van der Waals surface area contributed by atoms with E-state index in [9.17, 15) is 14.7 Å². The summed E-state index contributed by atoms with van der Waals surface area (Å²) in [5.41, 5.74) is 1.32. The van der Waals surface area contributed by atoms with Crippen LogP contribution < -0.4 is 5.32 Å². The highest BCUT2D eigenvalue weighted by Gasteiger charge is 2.30. The zero-order valence-electron chi connectivity index (χ0n) is 12.8. The van der Waals surface area contributed by atoms with Crippen molar-refractivity contribution in [1.29, 1.82) is 0 Å². The Labute approximate surface area is 133 Å². The standard InChI is InChI=1S/C16H18N4O3/c1-17-15(22)8-13-10-19(9-12-5-6-18-20(12)13)16(23)11-3-2-4-14(21)7-11/h2-7,13,21H,8-10H2,1H3,(H,17,22)/t13-/m1/s1. The third-order valence-corrected chi connectivity index (χ3v) is 3.96. The molecule has 3 rings (SSSR count). The first kappa shape index (κ1) is 15.1. The molecule has 0 bridgehead atoms. The minimum Gasteiger partial charge on any atom is -0.508 e. The van der Waals surface area contributed by atoms with Crippen molar-refractivity contribution in [1.82, 2.24) is 20.0 Å². The van der Waals surface area contributed by atoms with Crippen LogP contribution in [0.1, 0.15) is 28.5 Å². The predicted octanol–water partition coefficient (Wildman–Crippen LogP) is 0.922. The number of amides is 2. The van der Waals surface area contributed by atoms with Gasteiger partial charge in [0, 0.05) is 25.4 Å². The minimum atomic E-state index is -0.199. The summed E-state index contributed by atoms with van der Waals surface area (Å²) in [4.78, 5) is 26.1. The Morgan fingerprint density at radius 3 is 2.96 bits per heavy atom. The average molecular weight is 314 g/mol. The van der Waals surface area contributed by atoms with E-state index in [4.69, 9.17) is 0 Å². The molecule has 1 aliphatic rings. The molecule has 23 heavy (non-hydrogen) atoms. The fourth-order valence-corrected chi connectivity index (χ4v) is 2.83. The van der Waals surface area contributed by atoms with Gasteiger partial charge in [-0.05, 0) is 24.3 Å². The molecule has 1 aromatic carbocycles. The Hall–Kier alpha value is -2.83. The van der Waals surface area contributed by atoms with E-state index >= 15 is 0 Å². The predicted molar refractivity (Wildman–Crippen MR) is 82.8 cm³/mol. The highest BCUT2D eigenvalue weighted by atomic mass is 16.3. The normalized spacial score (nSPS) is 16.7. The van der Waals surface area contributed by atoms with Crippen LogP contribution in [-0.4, -0.2) is 45.2 Å². The molecule has 7 heteroatoms. The van der Waals surface area contributed by atoms with Gasteiger partial charge in [-0.1, -0.05) is 6.07 Å². The van der Waals surface area contributed by atoms with Gasteiger partial charge in [0.25, 0.3) is 5.91 Å². The van der Waals surface area contributed by atoms with E-state index in [1.165, 1.54) is 12.1 Å². The van der Waals surface area contributed by atoms with Crippen LogP contribution in [-0.2, 0) is 11.3 Å². The Kier molecular flexibility index (Phi) is 4.01. The summed E-state index contributed by atoms with van der Waals surface area (Å²) in [5, 5.41) is 16.4. The van der Waals surface area contributed by atoms with Crippen LogP contribution >= 0.6 is 0 Å². The molecular weight excluding hydrogens is 296 g/mol. The first-order valence-corrected chi connectivity index (χ1v) is 7.39. The van der Waals surface area contributed by atoms with Gasteiger partial charge in [0.15, 0.2) is 0 Å². The van der Waals surface area contributed by atoms with Gasteiger partial charge in [0.2, 0.25) is 5.91 Å². The van der Waals surface area contributed by atoms with E-state index in [0.29, 0.717) is 18.7 Å². The lowest BCUT2D eigenvalue weighted by Gasteiger charge is -2.33. The van der Waals surface area contributed by atoms with Crippen molar-refractivity contribution in [2.24, 2.45) is 0 Å². The van der Waals surface area contributed by atoms with Crippen LogP contribution in [0.4, 0.5) is 0 Å². The SMILES string of the molecule is CNC(=O)C[C@@H]1CN(C(=O)c2cccc(O)c2)Cc2ccnn21. The summed E-state index contributed by atoms with van der Waals surface area (Å²) >= 11 is 0. The second kappa shape index (κ2) is 6.12. The summed E-state index contributed by atoms with van der Waals surface area (Å²) in [7, 11) is 1.59. The lowest BCUT2D eigenvalue weighted by molar-refractivity contribution is -0.121. The average Bonchev–Trinajstić information content (AvgIpc) is 3.02. The number of phenolic OH excluding ortho intramolecular Hbond substituents is 1. The number of aromatic nitrogens is 2. The number of phenols is 1. The molecule has 2 N–H and O–H groups in total. The van der Waals surface area contributed by atoms with Crippen LogP contribution in [0.5, 0.6) is 5.75 Å². The van der Waals surface area contributed by atoms with Crippen molar-refractivity contribution in [3.05, 3.63) is 47.8 Å². The van der Waals surface area contributed by atoms with Gasteiger partial charge >= 0.3 is 0 Å². The first-order valence-electron chi connectivity index (χ1n) is 7.39. The van der Waals surface area contributed by atoms with Gasteiger partial charge < -0.3 is 15.3 Å². The number of hydrogen-bond donors (Lipinski definition) is 2. The quantitative estimate of drug-likeness (QED) is 0.882. The van der Waals surface area contributed by atoms with Gasteiger partial charge in [-0.2, -0.15) is 5.10 Å². The molecule has 0 aliphatic carbocycles. The molecule has 0 unspecified atom stereocenters. The number of carbonyl (C=O) groups is 2. The number of fused-ring (bicyclic) bond motifs is 1. The molecule has 2 amide bonds. The van der Waals surface area contributed by atoms with Crippen molar-refractivity contribution in [3.63, 3.8) is 0 Å². The number of carbonyl (C=O) groups excluding carboxylic acids is 2. The highest BCUT2D eigenvalue weighted by molar-refractivity contribution is 5.94. The maximum absolute atomic E-state index is 12.7. The number of benzene rings is 1. The maximum atomic E-state index is 12.7. The van der Waals surface area contributed by atoms with Crippen LogP contribution in [0, 0.1) is 0 Å². The molecule has 120 valence electrons. The number of rotatable bonds is 3. The van der Waals surface area contributed by atoms with E-state index in [1.54, 1.807) is 30.3 Å². The van der Waals surface area contributed by atoms with E-state index in [-0.39, 0.29) is 30.0 Å². The molecule has 2 aromatic rings. The number of aromatic hydroxyl groups is 1. The van der Waals surface area contributed by atoms with Crippen molar-refractivity contribution >= 4 is 11.8 Å². The molecule has 0 spiro atoms. The van der Waals surface area contributed by atoms with Crippen molar-refractivity contribution in [2.75, 3.05) is 13.6 Å². The second-order valence-corrected chi connectivity index (χ2v) is 5.53. The fourth-order valence-electron chi connectivity index (χ4n) is 2.83. The Morgan fingerprint density at radius 1 is 1.39 bits per heavy atom. The van der Waals surface area contributed by atoms with E-state index in [1.807, 2.05) is 10.7 Å². The van der Waals surface area contributed by atoms with Gasteiger partial charge in [-0.25, -0.2) is 0 Å². The van der Waals surface area contributed by atoms with E-state index < -0.39 is 0 Å². The number of hydrogen-bond acceptors (Lipinski definition) is 4. The molecule has 1 atom stereocenters. The summed E-state index contributed by atoms with van der Waals surface area (Å²) in [6.45, 7) is 0.829. The monoisotopic (exact) mass is 314 g/mol. The van der Waals surface area contributed by atoms with Gasteiger partial charge in [-0.3, -0.25) is 14.3 Å². The summed E-state index contributed by atoms with van der Waals surface area (Å²) in [6, 6.07) is 7.92. The molecule has 0 saturated carbocycles. The highest BCUT2D eigenvalue weighted by Crippen LogP contribution is 2.25. The minimum absolute atomic E-state index is 0.0554. The zero-order valence-corrected chi connectivity index (χ0v) is 12.8. The van der Waals surface area contributed by atoms with Gasteiger partial charge in [-0.15, -0.1) is 0 Å². The topological polar surface area (TPSA) is 87.5 Å². The lowest BCUT2D eigenvalue weighted by Crippen LogP contribution is -2.42.